The molecular weight excluding hydrogens is 200 g/mol. The molecule has 0 heterocycles. The van der Waals surface area contributed by atoms with Crippen LogP contribution in [0.5, 0.6) is 0 Å². The molecule has 0 atom stereocenters. The van der Waals surface area contributed by atoms with Gasteiger partial charge in [0.1, 0.15) is 0 Å². The van der Waals surface area contributed by atoms with E-state index in [9.17, 15) is 0 Å². The van der Waals surface area contributed by atoms with Gasteiger partial charge in [-0.05, 0) is 12.8 Å². The average Bonchev–Trinajstić information content (AvgIpc) is 2.29. The van der Waals surface area contributed by atoms with E-state index in [2.05, 4.69) is 0 Å². The minimum absolute atomic E-state index is 0.129. The van der Waals surface area contributed by atoms with E-state index in [-0.39, 0.29) is 26.9 Å². The van der Waals surface area contributed by atoms with Crippen LogP contribution in [0.3, 0.4) is 0 Å². The van der Waals surface area contributed by atoms with Crippen LogP contribution in [-0.2, 0) is 0 Å². The third kappa shape index (κ3) is 7.66. The predicted molar refractivity (Wildman–Crippen MR) is 55.6 cm³/mol. The van der Waals surface area contributed by atoms with Gasteiger partial charge in [0.2, 0.25) is 0 Å². The molecule has 0 fully saturated rings. The molecule has 15 heavy (non-hydrogen) atoms. The molecule has 6 nitrogen and oxygen atoms in total. The van der Waals surface area contributed by atoms with Crippen LogP contribution >= 0.6 is 0 Å². The molecule has 0 aromatic rings. The first kappa shape index (κ1) is 14.8. The quantitative estimate of drug-likeness (QED) is 0.267. The van der Waals surface area contributed by atoms with Gasteiger partial charge in [-0.15, -0.1) is 0 Å². The topological polar surface area (TPSA) is 87.4 Å². The fourth-order valence-electron chi connectivity index (χ4n) is 1.22. The summed E-state index contributed by atoms with van der Waals surface area (Å²) < 4.78 is 0. The van der Waals surface area contributed by atoms with Crippen molar-refractivity contribution in [2.75, 3.05) is 40.0 Å². The summed E-state index contributed by atoms with van der Waals surface area (Å²) in [5, 5.41) is 35.0. The lowest BCUT2D eigenvalue weighted by molar-refractivity contribution is 0.0234. The van der Waals surface area contributed by atoms with Crippen LogP contribution in [0.2, 0.25) is 0 Å². The second-order valence-electron chi connectivity index (χ2n) is 3.42. The van der Waals surface area contributed by atoms with Crippen LogP contribution in [0.1, 0.15) is 19.3 Å². The van der Waals surface area contributed by atoms with Crippen molar-refractivity contribution in [1.29, 1.82) is 0 Å². The summed E-state index contributed by atoms with van der Waals surface area (Å²) in [5.74, 6) is 0. The van der Waals surface area contributed by atoms with Gasteiger partial charge in [-0.25, -0.2) is 0 Å². The third-order valence-corrected chi connectivity index (χ3v) is 2.25. The Morgan fingerprint density at radius 1 is 0.533 bits per heavy atom. The van der Waals surface area contributed by atoms with Crippen molar-refractivity contribution in [1.82, 2.24) is 9.80 Å². The first-order valence-electron chi connectivity index (χ1n) is 5.16. The Morgan fingerprint density at radius 2 is 0.867 bits per heavy atom. The molecule has 0 rings (SSSR count). The third-order valence-electron chi connectivity index (χ3n) is 2.25. The lowest BCUT2D eigenvalue weighted by atomic mass is 10.2. The molecule has 0 saturated heterocycles. The molecule has 0 bridgehead atoms. The van der Waals surface area contributed by atoms with Crippen molar-refractivity contribution in [3.05, 3.63) is 0 Å². The highest BCUT2D eigenvalue weighted by atomic mass is 16.3. The van der Waals surface area contributed by atoms with Gasteiger partial charge in [0.25, 0.3) is 0 Å². The maximum absolute atomic E-state index is 8.74. The maximum atomic E-state index is 8.74. The van der Waals surface area contributed by atoms with E-state index in [0.717, 1.165) is 19.3 Å². The SMILES string of the molecule is OCN(CO)CCCCCN(CO)CO. The number of hydrogen-bond donors (Lipinski definition) is 4. The molecule has 6 heteroatoms. The molecule has 0 spiro atoms. The van der Waals surface area contributed by atoms with Crippen molar-refractivity contribution in [2.24, 2.45) is 0 Å². The second-order valence-corrected chi connectivity index (χ2v) is 3.42. The van der Waals surface area contributed by atoms with E-state index in [1.165, 1.54) is 9.80 Å². The van der Waals surface area contributed by atoms with Crippen LogP contribution in [0.25, 0.3) is 0 Å². The van der Waals surface area contributed by atoms with Crippen LogP contribution in [0.4, 0.5) is 0 Å². The van der Waals surface area contributed by atoms with Gasteiger partial charge in [0.15, 0.2) is 0 Å². The van der Waals surface area contributed by atoms with E-state index < -0.39 is 0 Å². The van der Waals surface area contributed by atoms with Gasteiger partial charge in [-0.1, -0.05) is 6.42 Å². The fourth-order valence-corrected chi connectivity index (χ4v) is 1.22. The summed E-state index contributed by atoms with van der Waals surface area (Å²) >= 11 is 0. The molecule has 92 valence electrons. The molecule has 0 aliphatic rings. The zero-order valence-corrected chi connectivity index (χ0v) is 9.05. The molecule has 4 N–H and O–H groups in total. The zero-order valence-electron chi connectivity index (χ0n) is 9.05. The Hall–Kier alpha value is -0.240. The maximum Gasteiger partial charge on any atom is 0.0974 e. The largest absolute Gasteiger partial charge is 0.381 e. The number of hydrogen-bond acceptors (Lipinski definition) is 6. The molecule has 0 aliphatic heterocycles. The second kappa shape index (κ2) is 10.3. The monoisotopic (exact) mass is 222 g/mol. The molecule has 0 unspecified atom stereocenters. The molecular formula is C9H22N2O4. The van der Waals surface area contributed by atoms with E-state index in [4.69, 9.17) is 20.4 Å². The van der Waals surface area contributed by atoms with Gasteiger partial charge < -0.3 is 20.4 Å². The van der Waals surface area contributed by atoms with Crippen molar-refractivity contribution >= 4 is 0 Å². The van der Waals surface area contributed by atoms with Gasteiger partial charge >= 0.3 is 0 Å². The summed E-state index contributed by atoms with van der Waals surface area (Å²) in [6.07, 6.45) is 2.70. The van der Waals surface area contributed by atoms with Gasteiger partial charge in [-0.2, -0.15) is 0 Å². The summed E-state index contributed by atoms with van der Waals surface area (Å²) in [6.45, 7) is 0.800. The molecule has 0 amide bonds. The van der Waals surface area contributed by atoms with Crippen LogP contribution in [-0.4, -0.2) is 70.2 Å². The Labute approximate surface area is 90.4 Å². The predicted octanol–water partition coefficient (Wildman–Crippen LogP) is -1.44. The Morgan fingerprint density at radius 3 is 1.13 bits per heavy atom. The Bertz CT molecular complexity index is 115. The number of unbranched alkanes of at least 4 members (excludes halogenated alkanes) is 2. The van der Waals surface area contributed by atoms with Crippen LogP contribution < -0.4 is 0 Å². The first-order chi connectivity index (χ1) is 7.28. The standard InChI is InChI=1S/C9H22N2O4/c12-6-10(7-13)4-2-1-3-5-11(8-14)9-15/h12-15H,1-9H2. The van der Waals surface area contributed by atoms with E-state index in [0.29, 0.717) is 13.1 Å². The molecule has 0 saturated carbocycles. The lowest BCUT2D eigenvalue weighted by Crippen LogP contribution is -2.28. The van der Waals surface area contributed by atoms with Crippen molar-refractivity contribution in [3.8, 4) is 0 Å². The number of nitrogens with zero attached hydrogens (tertiary/aromatic N) is 2. The Kier molecular flexibility index (Phi) is 10.1. The number of aliphatic hydroxyl groups excluding tert-OH is 4. The number of rotatable bonds is 10. The van der Waals surface area contributed by atoms with Crippen molar-refractivity contribution < 1.29 is 20.4 Å². The fraction of sp³-hybridized carbons (Fsp3) is 1.00. The van der Waals surface area contributed by atoms with Crippen LogP contribution in [0, 0.1) is 0 Å². The highest BCUT2D eigenvalue weighted by Gasteiger charge is 2.02. The average molecular weight is 222 g/mol. The minimum atomic E-state index is -0.129. The highest BCUT2D eigenvalue weighted by Crippen LogP contribution is 1.99. The van der Waals surface area contributed by atoms with Gasteiger partial charge in [-0.3, -0.25) is 9.80 Å². The smallest absolute Gasteiger partial charge is 0.0974 e. The minimum Gasteiger partial charge on any atom is -0.381 e. The molecule has 0 radical (unpaired) electrons. The highest BCUT2D eigenvalue weighted by molar-refractivity contribution is 4.51. The van der Waals surface area contributed by atoms with Gasteiger partial charge in [0, 0.05) is 13.1 Å². The summed E-state index contributed by atoms with van der Waals surface area (Å²) in [6, 6.07) is 0. The lowest BCUT2D eigenvalue weighted by Gasteiger charge is -2.17. The van der Waals surface area contributed by atoms with Gasteiger partial charge in [0.05, 0.1) is 26.9 Å². The van der Waals surface area contributed by atoms with Crippen LogP contribution in [0.15, 0.2) is 0 Å². The van der Waals surface area contributed by atoms with E-state index in [1.807, 2.05) is 0 Å². The summed E-state index contributed by atoms with van der Waals surface area (Å²) in [7, 11) is 0. The van der Waals surface area contributed by atoms with Crippen molar-refractivity contribution in [3.63, 3.8) is 0 Å². The normalized spacial score (nSPS) is 11.6. The zero-order chi connectivity index (χ0) is 11.5. The summed E-state index contributed by atoms with van der Waals surface area (Å²) in [4.78, 5) is 3.05. The Balaban J connectivity index is 3.30. The molecule has 0 aliphatic carbocycles. The number of aliphatic hydroxyl groups is 4. The summed E-state index contributed by atoms with van der Waals surface area (Å²) in [5.41, 5.74) is 0. The molecule has 0 aromatic carbocycles. The van der Waals surface area contributed by atoms with E-state index in [1.54, 1.807) is 0 Å². The van der Waals surface area contributed by atoms with Crippen molar-refractivity contribution in [2.45, 2.75) is 19.3 Å². The molecule has 0 aromatic heterocycles. The first-order valence-corrected chi connectivity index (χ1v) is 5.16. The van der Waals surface area contributed by atoms with E-state index >= 15 is 0 Å².